The first kappa shape index (κ1) is 21.1. The fourth-order valence-electron chi connectivity index (χ4n) is 4.27. The normalized spacial score (nSPS) is 14.9. The molecule has 1 aliphatic carbocycles. The maximum atomic E-state index is 10.2. The maximum Gasteiger partial charge on any atom is 0.142 e. The molecule has 4 rings (SSSR count). The number of aliphatic hydroxyl groups excluding tert-OH is 1. The monoisotopic (exact) mass is 425 g/mol. The number of benzene rings is 1. The Bertz CT molecular complexity index is 1050. The smallest absolute Gasteiger partial charge is 0.142 e. The van der Waals surface area contributed by atoms with Gasteiger partial charge in [0.15, 0.2) is 0 Å². The molecule has 2 aromatic heterocycles. The van der Waals surface area contributed by atoms with Crippen LogP contribution >= 0.6 is 11.8 Å². The summed E-state index contributed by atoms with van der Waals surface area (Å²) < 4.78 is 7.79. The van der Waals surface area contributed by atoms with Crippen LogP contribution in [-0.2, 0) is 0 Å². The molecule has 1 N–H and O–H groups in total. The molecule has 5 nitrogen and oxygen atoms in total. The van der Waals surface area contributed by atoms with Gasteiger partial charge in [-0.3, -0.25) is 0 Å². The maximum absolute atomic E-state index is 10.2. The quantitative estimate of drug-likeness (QED) is 0.518. The first-order chi connectivity index (χ1) is 14.4. The minimum atomic E-state index is -0.393. The SMILES string of the molecule is COc1cc(C)cc(C)c1-c1cccc2c(N(CC(C)O)CC3CC3)c(SC)nn12. The number of hydrogen-bond donors (Lipinski definition) is 1. The second-order valence-corrected chi connectivity index (χ2v) is 9.22. The van der Waals surface area contributed by atoms with E-state index in [1.54, 1.807) is 18.9 Å². The van der Waals surface area contributed by atoms with E-state index in [4.69, 9.17) is 9.84 Å². The standard InChI is InChI=1S/C24H31N3O2S/c1-15-11-16(2)22(21(12-15)29-4)19-7-6-8-20-23(24(30-5)25-27(19)20)26(13-17(3)28)14-18-9-10-18/h6-8,11-12,17-18,28H,9-10,13-14H2,1-5H3. The number of aromatic nitrogens is 2. The van der Waals surface area contributed by atoms with Gasteiger partial charge in [0.2, 0.25) is 0 Å². The van der Waals surface area contributed by atoms with Crippen LogP contribution in [0.1, 0.15) is 30.9 Å². The lowest BCUT2D eigenvalue weighted by Crippen LogP contribution is -2.33. The van der Waals surface area contributed by atoms with Crippen molar-refractivity contribution in [1.82, 2.24) is 9.61 Å². The number of fused-ring (bicyclic) bond motifs is 1. The molecule has 30 heavy (non-hydrogen) atoms. The van der Waals surface area contributed by atoms with E-state index in [9.17, 15) is 5.11 Å². The lowest BCUT2D eigenvalue weighted by Gasteiger charge is -2.26. The molecule has 0 bridgehead atoms. The van der Waals surface area contributed by atoms with Gasteiger partial charge in [0.25, 0.3) is 0 Å². The number of nitrogens with zero attached hydrogens (tertiary/aromatic N) is 3. The minimum Gasteiger partial charge on any atom is -0.496 e. The van der Waals surface area contributed by atoms with Gasteiger partial charge in [-0.1, -0.05) is 12.1 Å². The van der Waals surface area contributed by atoms with Gasteiger partial charge in [-0.15, -0.1) is 11.8 Å². The van der Waals surface area contributed by atoms with Gasteiger partial charge in [0.1, 0.15) is 10.8 Å². The van der Waals surface area contributed by atoms with E-state index in [0.717, 1.165) is 45.7 Å². The lowest BCUT2D eigenvalue weighted by atomic mass is 10.0. The van der Waals surface area contributed by atoms with Crippen molar-refractivity contribution in [2.45, 2.75) is 44.7 Å². The zero-order valence-corrected chi connectivity index (χ0v) is 19.3. The highest BCUT2D eigenvalue weighted by Gasteiger charge is 2.29. The van der Waals surface area contributed by atoms with Crippen molar-refractivity contribution < 1.29 is 9.84 Å². The minimum absolute atomic E-state index is 0.393. The summed E-state index contributed by atoms with van der Waals surface area (Å²) >= 11 is 1.66. The summed E-state index contributed by atoms with van der Waals surface area (Å²) in [4.78, 5) is 2.33. The summed E-state index contributed by atoms with van der Waals surface area (Å²) in [6, 6.07) is 10.6. The van der Waals surface area contributed by atoms with Crippen LogP contribution < -0.4 is 9.64 Å². The first-order valence-electron chi connectivity index (χ1n) is 10.6. The molecule has 0 aliphatic heterocycles. The number of ether oxygens (including phenoxy) is 1. The van der Waals surface area contributed by atoms with Gasteiger partial charge in [0.05, 0.1) is 30.1 Å². The van der Waals surface area contributed by atoms with Crippen LogP contribution in [0.25, 0.3) is 16.8 Å². The van der Waals surface area contributed by atoms with Gasteiger partial charge in [0, 0.05) is 18.7 Å². The number of pyridine rings is 1. The Morgan fingerprint density at radius 2 is 2.07 bits per heavy atom. The molecule has 1 aliphatic rings. The number of hydrogen-bond acceptors (Lipinski definition) is 5. The molecule has 1 atom stereocenters. The molecule has 0 radical (unpaired) electrons. The molecular formula is C24H31N3O2S. The lowest BCUT2D eigenvalue weighted by molar-refractivity contribution is 0.199. The van der Waals surface area contributed by atoms with Gasteiger partial charge in [-0.2, -0.15) is 5.10 Å². The van der Waals surface area contributed by atoms with Crippen molar-refractivity contribution in [2.75, 3.05) is 31.4 Å². The largest absolute Gasteiger partial charge is 0.496 e. The first-order valence-corrected chi connectivity index (χ1v) is 11.8. The summed E-state index contributed by atoms with van der Waals surface area (Å²) in [5.41, 5.74) is 6.63. The molecule has 0 amide bonds. The van der Waals surface area contributed by atoms with Crippen molar-refractivity contribution in [3.63, 3.8) is 0 Å². The number of aryl methyl sites for hydroxylation is 2. The Kier molecular flexibility index (Phi) is 5.98. The molecule has 1 fully saturated rings. The van der Waals surface area contributed by atoms with Crippen molar-refractivity contribution in [1.29, 1.82) is 0 Å². The Labute approximate surface area is 183 Å². The summed E-state index contributed by atoms with van der Waals surface area (Å²) in [7, 11) is 1.72. The molecule has 160 valence electrons. The van der Waals surface area contributed by atoms with Crippen molar-refractivity contribution in [3.8, 4) is 17.0 Å². The topological polar surface area (TPSA) is 50.0 Å². The van der Waals surface area contributed by atoms with E-state index in [-0.39, 0.29) is 0 Å². The summed E-state index contributed by atoms with van der Waals surface area (Å²) in [5, 5.41) is 16.2. The zero-order chi connectivity index (χ0) is 21.4. The molecule has 1 unspecified atom stereocenters. The molecule has 6 heteroatoms. The Morgan fingerprint density at radius 1 is 1.30 bits per heavy atom. The molecule has 1 saturated carbocycles. The van der Waals surface area contributed by atoms with E-state index in [0.29, 0.717) is 6.54 Å². The van der Waals surface area contributed by atoms with Crippen molar-refractivity contribution in [3.05, 3.63) is 41.5 Å². The van der Waals surface area contributed by atoms with Crippen LogP contribution in [0.5, 0.6) is 5.75 Å². The number of thioether (sulfide) groups is 1. The Hall–Kier alpha value is -2.18. The molecule has 0 saturated heterocycles. The van der Waals surface area contributed by atoms with E-state index in [1.807, 2.05) is 11.4 Å². The molecular weight excluding hydrogens is 394 g/mol. The average Bonchev–Trinajstić information content (AvgIpc) is 3.43. The van der Waals surface area contributed by atoms with Gasteiger partial charge in [-0.05, 0) is 75.1 Å². The highest BCUT2D eigenvalue weighted by atomic mass is 32.2. The van der Waals surface area contributed by atoms with E-state index in [2.05, 4.69) is 55.3 Å². The number of methoxy groups -OCH3 is 1. The third kappa shape index (κ3) is 4.03. The number of anilines is 1. The summed E-state index contributed by atoms with van der Waals surface area (Å²) in [6.07, 6.45) is 4.22. The van der Waals surface area contributed by atoms with Gasteiger partial charge in [-0.25, -0.2) is 4.52 Å². The zero-order valence-electron chi connectivity index (χ0n) is 18.5. The van der Waals surface area contributed by atoms with Crippen molar-refractivity contribution >= 4 is 23.0 Å². The van der Waals surface area contributed by atoms with Crippen LogP contribution in [0.3, 0.4) is 0 Å². The predicted octanol–water partition coefficient (Wildman–Crippen LogP) is 4.95. The second kappa shape index (κ2) is 8.52. The van der Waals surface area contributed by atoms with Gasteiger partial charge < -0.3 is 14.7 Å². The van der Waals surface area contributed by atoms with Crippen LogP contribution in [0.2, 0.25) is 0 Å². The van der Waals surface area contributed by atoms with Crippen LogP contribution in [0.15, 0.2) is 35.4 Å². The fourth-order valence-corrected chi connectivity index (χ4v) is 4.86. The van der Waals surface area contributed by atoms with E-state index < -0.39 is 6.10 Å². The number of rotatable bonds is 8. The van der Waals surface area contributed by atoms with Crippen molar-refractivity contribution in [2.24, 2.45) is 5.92 Å². The van der Waals surface area contributed by atoms with Crippen LogP contribution in [0.4, 0.5) is 5.69 Å². The summed E-state index contributed by atoms with van der Waals surface area (Å²) in [5.74, 6) is 1.58. The highest BCUT2D eigenvalue weighted by molar-refractivity contribution is 7.98. The second-order valence-electron chi connectivity index (χ2n) is 8.42. The molecule has 2 heterocycles. The Balaban J connectivity index is 1.92. The Morgan fingerprint density at radius 3 is 2.70 bits per heavy atom. The summed E-state index contributed by atoms with van der Waals surface area (Å²) in [6.45, 7) is 7.65. The van der Waals surface area contributed by atoms with E-state index >= 15 is 0 Å². The van der Waals surface area contributed by atoms with Crippen LogP contribution in [0, 0.1) is 19.8 Å². The molecule has 1 aromatic carbocycles. The highest BCUT2D eigenvalue weighted by Crippen LogP contribution is 2.40. The third-order valence-corrected chi connectivity index (χ3v) is 6.35. The molecule has 0 spiro atoms. The fraction of sp³-hybridized carbons (Fsp3) is 0.458. The average molecular weight is 426 g/mol. The van der Waals surface area contributed by atoms with E-state index in [1.165, 1.54) is 24.0 Å². The predicted molar refractivity (Wildman–Crippen MR) is 125 cm³/mol. The third-order valence-electron chi connectivity index (χ3n) is 5.69. The van der Waals surface area contributed by atoms with Gasteiger partial charge >= 0.3 is 0 Å². The van der Waals surface area contributed by atoms with Crippen LogP contribution in [-0.4, -0.2) is 47.3 Å². The molecule has 3 aromatic rings. The number of aliphatic hydroxyl groups is 1.